The SMILES string of the molecule is CCOc1cc(/C=C2\C(=O)NC(=O)N(c3cccc(C)c3)C2=O)ccc1OC(=O)/C=C/c1cccc([N+](=O)[O-])c1. The molecule has 4 amide bonds. The van der Waals surface area contributed by atoms with Gasteiger partial charge >= 0.3 is 12.0 Å². The van der Waals surface area contributed by atoms with Gasteiger partial charge in [0, 0.05) is 18.2 Å². The van der Waals surface area contributed by atoms with Crippen LogP contribution in [0.2, 0.25) is 0 Å². The van der Waals surface area contributed by atoms with E-state index in [4.69, 9.17) is 9.47 Å². The number of nitro groups is 1. The zero-order valence-corrected chi connectivity index (χ0v) is 21.5. The molecule has 1 fully saturated rings. The zero-order chi connectivity index (χ0) is 28.8. The summed E-state index contributed by atoms with van der Waals surface area (Å²) in [4.78, 5) is 61.9. The molecule has 0 atom stereocenters. The monoisotopic (exact) mass is 541 g/mol. The Morgan fingerprint density at radius 3 is 2.50 bits per heavy atom. The Labute approximate surface area is 228 Å². The molecular formula is C29H23N3O8. The second-order valence-corrected chi connectivity index (χ2v) is 8.54. The average Bonchev–Trinajstić information content (AvgIpc) is 2.91. The number of anilines is 1. The van der Waals surface area contributed by atoms with Crippen molar-refractivity contribution in [2.24, 2.45) is 0 Å². The smallest absolute Gasteiger partial charge is 0.336 e. The highest BCUT2D eigenvalue weighted by molar-refractivity contribution is 6.39. The lowest BCUT2D eigenvalue weighted by atomic mass is 10.1. The number of hydrogen-bond acceptors (Lipinski definition) is 8. The predicted octanol–water partition coefficient (Wildman–Crippen LogP) is 4.59. The second kappa shape index (κ2) is 11.9. The Bertz CT molecular complexity index is 1590. The van der Waals surface area contributed by atoms with Gasteiger partial charge in [0.1, 0.15) is 5.57 Å². The van der Waals surface area contributed by atoms with Crippen LogP contribution in [-0.4, -0.2) is 35.3 Å². The summed E-state index contributed by atoms with van der Waals surface area (Å²) in [5, 5.41) is 13.1. The van der Waals surface area contributed by atoms with Gasteiger partial charge in [0.15, 0.2) is 11.5 Å². The van der Waals surface area contributed by atoms with Gasteiger partial charge in [-0.05, 0) is 67.0 Å². The summed E-state index contributed by atoms with van der Waals surface area (Å²) in [5.74, 6) is -2.15. The van der Waals surface area contributed by atoms with Crippen molar-refractivity contribution in [3.05, 3.63) is 105 Å². The third-order valence-corrected chi connectivity index (χ3v) is 5.64. The van der Waals surface area contributed by atoms with E-state index in [1.165, 1.54) is 48.6 Å². The van der Waals surface area contributed by atoms with Gasteiger partial charge in [-0.3, -0.25) is 25.0 Å². The van der Waals surface area contributed by atoms with Crippen molar-refractivity contribution in [3.8, 4) is 11.5 Å². The van der Waals surface area contributed by atoms with E-state index < -0.39 is 28.7 Å². The minimum atomic E-state index is -0.854. The van der Waals surface area contributed by atoms with E-state index in [0.29, 0.717) is 16.8 Å². The first-order valence-corrected chi connectivity index (χ1v) is 12.1. The summed E-state index contributed by atoms with van der Waals surface area (Å²) in [5.41, 5.74) is 1.58. The van der Waals surface area contributed by atoms with Crippen molar-refractivity contribution in [3.63, 3.8) is 0 Å². The highest BCUT2D eigenvalue weighted by Crippen LogP contribution is 2.31. The molecule has 0 saturated carbocycles. The first kappa shape index (κ1) is 27.5. The number of barbiturate groups is 1. The molecule has 1 aliphatic heterocycles. The molecule has 1 saturated heterocycles. The lowest BCUT2D eigenvalue weighted by Gasteiger charge is -2.26. The number of hydrogen-bond donors (Lipinski definition) is 1. The van der Waals surface area contributed by atoms with Crippen LogP contribution in [0.25, 0.3) is 12.2 Å². The molecular weight excluding hydrogens is 518 g/mol. The quantitative estimate of drug-likeness (QED) is 0.109. The Morgan fingerprint density at radius 2 is 1.77 bits per heavy atom. The minimum absolute atomic E-state index is 0.0775. The number of carbonyl (C=O) groups excluding carboxylic acids is 4. The number of esters is 1. The fraction of sp³-hybridized carbons (Fsp3) is 0.103. The lowest BCUT2D eigenvalue weighted by Crippen LogP contribution is -2.54. The largest absolute Gasteiger partial charge is 0.490 e. The molecule has 0 bridgehead atoms. The maximum atomic E-state index is 13.2. The molecule has 3 aromatic carbocycles. The van der Waals surface area contributed by atoms with Gasteiger partial charge in [-0.25, -0.2) is 14.5 Å². The molecule has 0 radical (unpaired) electrons. The normalized spacial score (nSPS) is 14.4. The zero-order valence-electron chi connectivity index (χ0n) is 21.5. The summed E-state index contributed by atoms with van der Waals surface area (Å²) < 4.78 is 11.0. The van der Waals surface area contributed by atoms with Gasteiger partial charge in [-0.1, -0.05) is 30.3 Å². The molecule has 1 N–H and O–H groups in total. The highest BCUT2D eigenvalue weighted by atomic mass is 16.6. The van der Waals surface area contributed by atoms with Crippen LogP contribution in [0.4, 0.5) is 16.2 Å². The number of amides is 4. The number of urea groups is 1. The number of nitro benzene ring substituents is 1. The lowest BCUT2D eigenvalue weighted by molar-refractivity contribution is -0.384. The van der Waals surface area contributed by atoms with Crippen LogP contribution in [0, 0.1) is 17.0 Å². The van der Waals surface area contributed by atoms with E-state index >= 15 is 0 Å². The number of nitrogens with zero attached hydrogens (tertiary/aromatic N) is 2. The number of rotatable bonds is 8. The third kappa shape index (κ3) is 6.27. The number of aryl methyl sites for hydroxylation is 1. The molecule has 11 heteroatoms. The average molecular weight is 542 g/mol. The molecule has 0 aliphatic carbocycles. The van der Waals surface area contributed by atoms with Crippen molar-refractivity contribution >= 4 is 47.3 Å². The summed E-state index contributed by atoms with van der Waals surface area (Å²) >= 11 is 0. The fourth-order valence-corrected chi connectivity index (χ4v) is 3.84. The molecule has 1 aliphatic rings. The molecule has 0 aromatic heterocycles. The Kier molecular flexibility index (Phi) is 8.14. The van der Waals surface area contributed by atoms with Crippen molar-refractivity contribution in [1.29, 1.82) is 0 Å². The molecule has 1 heterocycles. The number of carbonyl (C=O) groups is 4. The molecule has 11 nitrogen and oxygen atoms in total. The van der Waals surface area contributed by atoms with E-state index in [2.05, 4.69) is 5.32 Å². The summed E-state index contributed by atoms with van der Waals surface area (Å²) in [6.45, 7) is 3.76. The van der Waals surface area contributed by atoms with E-state index in [1.54, 1.807) is 31.2 Å². The number of imide groups is 2. The van der Waals surface area contributed by atoms with E-state index in [1.807, 2.05) is 13.0 Å². The van der Waals surface area contributed by atoms with E-state index in [0.717, 1.165) is 16.5 Å². The van der Waals surface area contributed by atoms with Gasteiger partial charge in [0.2, 0.25) is 0 Å². The number of benzene rings is 3. The minimum Gasteiger partial charge on any atom is -0.490 e. The Hall–Kier alpha value is -5.58. The van der Waals surface area contributed by atoms with Crippen LogP contribution >= 0.6 is 0 Å². The second-order valence-electron chi connectivity index (χ2n) is 8.54. The number of non-ortho nitro benzene ring substituents is 1. The first-order valence-electron chi connectivity index (χ1n) is 12.1. The first-order chi connectivity index (χ1) is 19.2. The molecule has 0 unspecified atom stereocenters. The van der Waals surface area contributed by atoms with Gasteiger partial charge in [-0.15, -0.1) is 0 Å². The van der Waals surface area contributed by atoms with Crippen molar-refractivity contribution < 1.29 is 33.6 Å². The molecule has 0 spiro atoms. The van der Waals surface area contributed by atoms with Gasteiger partial charge < -0.3 is 9.47 Å². The Balaban J connectivity index is 1.57. The van der Waals surface area contributed by atoms with Gasteiger partial charge in [-0.2, -0.15) is 0 Å². The summed E-state index contributed by atoms with van der Waals surface area (Å²) in [6.07, 6.45) is 3.80. The number of nitrogens with one attached hydrogen (secondary N) is 1. The molecule has 3 aromatic rings. The van der Waals surface area contributed by atoms with Crippen molar-refractivity contribution in [2.75, 3.05) is 11.5 Å². The van der Waals surface area contributed by atoms with Crippen molar-refractivity contribution in [1.82, 2.24) is 5.32 Å². The Morgan fingerprint density at radius 1 is 1.00 bits per heavy atom. The standard InChI is InChI=1S/C29H23N3O8/c1-3-39-25-17-20(10-12-24(25)40-26(33)13-11-19-7-5-9-22(15-19)32(37)38)16-23-27(34)30-29(36)31(28(23)35)21-8-4-6-18(2)14-21/h4-17H,3H2,1-2H3,(H,30,34,36)/b13-11+,23-16+. The van der Waals surface area contributed by atoms with Crippen molar-refractivity contribution in [2.45, 2.75) is 13.8 Å². The van der Waals surface area contributed by atoms with Crippen LogP contribution in [-0.2, 0) is 14.4 Å². The van der Waals surface area contributed by atoms with Gasteiger partial charge in [0.25, 0.3) is 17.5 Å². The molecule has 40 heavy (non-hydrogen) atoms. The fourth-order valence-electron chi connectivity index (χ4n) is 3.84. The third-order valence-electron chi connectivity index (χ3n) is 5.64. The highest BCUT2D eigenvalue weighted by Gasteiger charge is 2.36. The van der Waals surface area contributed by atoms with Crippen LogP contribution in [0.3, 0.4) is 0 Å². The maximum Gasteiger partial charge on any atom is 0.336 e. The summed E-state index contributed by atoms with van der Waals surface area (Å²) in [7, 11) is 0. The topological polar surface area (TPSA) is 145 Å². The van der Waals surface area contributed by atoms with Crippen LogP contribution in [0.1, 0.15) is 23.6 Å². The van der Waals surface area contributed by atoms with Gasteiger partial charge in [0.05, 0.1) is 17.2 Å². The molecule has 4 rings (SSSR count). The maximum absolute atomic E-state index is 13.2. The van der Waals surface area contributed by atoms with Crippen LogP contribution in [0.5, 0.6) is 11.5 Å². The van der Waals surface area contributed by atoms with Crippen LogP contribution < -0.4 is 19.7 Å². The van der Waals surface area contributed by atoms with E-state index in [9.17, 15) is 29.3 Å². The predicted molar refractivity (Wildman–Crippen MR) is 146 cm³/mol. The summed E-state index contributed by atoms with van der Waals surface area (Å²) in [6, 6.07) is 16.1. The van der Waals surface area contributed by atoms with Crippen LogP contribution in [0.15, 0.2) is 78.4 Å². The molecule has 202 valence electrons. The van der Waals surface area contributed by atoms with E-state index in [-0.39, 0.29) is 29.4 Å². The number of ether oxygens (including phenoxy) is 2.